The van der Waals surface area contributed by atoms with Gasteiger partial charge in [0, 0.05) is 12.8 Å². The molecule has 0 aromatic carbocycles. The fourth-order valence-electron chi connectivity index (χ4n) is 11.1. The standard InChI is InChI=1S/C71H137NO5/c1-3-5-7-9-11-13-15-17-19-20-21-27-30-33-36-39-43-47-51-55-59-63-69(74)68(67-73)72-70(75)64-60-56-52-48-44-40-37-34-31-28-25-23-22-24-26-29-32-35-38-42-46-50-54-58-62-66-77-71(76)65-61-57-53-49-45-41-18-16-14-12-10-8-6-4-2/h10,12,16,18,68-69,73-74H,3-9,11,13-15,17,19-67H2,1-2H3,(H,72,75)/b12-10-,18-16-. The lowest BCUT2D eigenvalue weighted by Crippen LogP contribution is -2.45. The van der Waals surface area contributed by atoms with Crippen molar-refractivity contribution in [2.45, 2.75) is 405 Å². The molecule has 2 atom stereocenters. The molecule has 0 saturated carbocycles. The second kappa shape index (κ2) is 66.8. The fraction of sp³-hybridized carbons (Fsp3) is 0.915. The zero-order valence-corrected chi connectivity index (χ0v) is 52.2. The van der Waals surface area contributed by atoms with Gasteiger partial charge in [-0.25, -0.2) is 0 Å². The highest BCUT2D eigenvalue weighted by atomic mass is 16.5. The lowest BCUT2D eigenvalue weighted by atomic mass is 10.0. The van der Waals surface area contributed by atoms with Gasteiger partial charge in [0.25, 0.3) is 0 Å². The summed E-state index contributed by atoms with van der Waals surface area (Å²) < 4.78 is 5.48. The first kappa shape index (κ1) is 75.3. The van der Waals surface area contributed by atoms with Gasteiger partial charge in [0.15, 0.2) is 0 Å². The van der Waals surface area contributed by atoms with Crippen molar-refractivity contribution in [3.05, 3.63) is 24.3 Å². The fourth-order valence-corrected chi connectivity index (χ4v) is 11.1. The Morgan fingerprint density at radius 1 is 0.364 bits per heavy atom. The van der Waals surface area contributed by atoms with Crippen LogP contribution >= 0.6 is 0 Å². The molecule has 0 aromatic heterocycles. The summed E-state index contributed by atoms with van der Waals surface area (Å²) in [6.45, 7) is 4.94. The molecular weight excluding hydrogens is 947 g/mol. The number of allylic oxidation sites excluding steroid dienone is 4. The zero-order valence-electron chi connectivity index (χ0n) is 52.2. The van der Waals surface area contributed by atoms with E-state index in [4.69, 9.17) is 4.74 Å². The minimum absolute atomic E-state index is 0.00254. The van der Waals surface area contributed by atoms with Crippen LogP contribution in [0.1, 0.15) is 393 Å². The quantitative estimate of drug-likeness (QED) is 0.0320. The van der Waals surface area contributed by atoms with Gasteiger partial charge >= 0.3 is 5.97 Å². The van der Waals surface area contributed by atoms with E-state index in [-0.39, 0.29) is 18.5 Å². The first-order valence-electron chi connectivity index (χ1n) is 35.1. The van der Waals surface area contributed by atoms with Crippen molar-refractivity contribution in [2.75, 3.05) is 13.2 Å². The summed E-state index contributed by atoms with van der Waals surface area (Å²) in [5, 5.41) is 23.4. The number of unbranched alkanes of at least 4 members (excludes halogenated alkanes) is 51. The van der Waals surface area contributed by atoms with E-state index in [0.29, 0.717) is 25.9 Å². The smallest absolute Gasteiger partial charge is 0.305 e. The van der Waals surface area contributed by atoms with E-state index in [1.165, 1.54) is 308 Å². The Kier molecular flexibility index (Phi) is 65.4. The first-order chi connectivity index (χ1) is 38.0. The summed E-state index contributed by atoms with van der Waals surface area (Å²) in [6.07, 6.45) is 83.6. The minimum atomic E-state index is -0.664. The maximum atomic E-state index is 12.5. The lowest BCUT2D eigenvalue weighted by molar-refractivity contribution is -0.143. The second-order valence-electron chi connectivity index (χ2n) is 24.2. The van der Waals surface area contributed by atoms with Crippen LogP contribution in [0.25, 0.3) is 0 Å². The molecule has 0 radical (unpaired) electrons. The van der Waals surface area contributed by atoms with Gasteiger partial charge in [0.05, 0.1) is 25.4 Å². The van der Waals surface area contributed by atoms with E-state index >= 15 is 0 Å². The van der Waals surface area contributed by atoms with Crippen molar-refractivity contribution in [3.63, 3.8) is 0 Å². The second-order valence-corrected chi connectivity index (χ2v) is 24.2. The molecule has 0 heterocycles. The molecule has 0 rings (SSSR count). The molecule has 456 valence electrons. The van der Waals surface area contributed by atoms with Gasteiger partial charge in [-0.2, -0.15) is 0 Å². The summed E-state index contributed by atoms with van der Waals surface area (Å²) in [4.78, 5) is 24.6. The third-order valence-corrected chi connectivity index (χ3v) is 16.5. The van der Waals surface area contributed by atoms with Gasteiger partial charge in [-0.3, -0.25) is 9.59 Å². The average Bonchev–Trinajstić information content (AvgIpc) is 3.43. The summed E-state index contributed by atoms with van der Waals surface area (Å²) in [5.41, 5.74) is 0. The molecule has 0 spiro atoms. The molecule has 6 heteroatoms. The molecule has 0 aliphatic rings. The molecular formula is C71H137NO5. The molecule has 0 aliphatic carbocycles. The maximum Gasteiger partial charge on any atom is 0.305 e. The van der Waals surface area contributed by atoms with Crippen LogP contribution in [0.5, 0.6) is 0 Å². The van der Waals surface area contributed by atoms with Crippen LogP contribution in [0.4, 0.5) is 0 Å². The van der Waals surface area contributed by atoms with Crippen LogP contribution in [0.2, 0.25) is 0 Å². The molecule has 0 bridgehead atoms. The van der Waals surface area contributed by atoms with Crippen molar-refractivity contribution >= 4 is 11.9 Å². The Bertz CT molecular complexity index is 1200. The number of carbonyl (C=O) groups is 2. The highest BCUT2D eigenvalue weighted by Crippen LogP contribution is 2.19. The summed E-state index contributed by atoms with van der Waals surface area (Å²) in [7, 11) is 0. The number of carbonyl (C=O) groups excluding carboxylic acids is 2. The van der Waals surface area contributed by atoms with Crippen LogP contribution in [0.3, 0.4) is 0 Å². The van der Waals surface area contributed by atoms with Crippen molar-refractivity contribution in [2.24, 2.45) is 0 Å². The number of nitrogens with one attached hydrogen (secondary N) is 1. The largest absolute Gasteiger partial charge is 0.466 e. The third kappa shape index (κ3) is 63.4. The number of esters is 1. The topological polar surface area (TPSA) is 95.9 Å². The van der Waals surface area contributed by atoms with Crippen LogP contribution in [-0.4, -0.2) is 47.4 Å². The predicted octanol–water partition coefficient (Wildman–Crippen LogP) is 22.5. The van der Waals surface area contributed by atoms with Gasteiger partial charge < -0.3 is 20.3 Å². The number of aliphatic hydroxyl groups is 2. The Morgan fingerprint density at radius 2 is 0.662 bits per heavy atom. The molecule has 0 saturated heterocycles. The van der Waals surface area contributed by atoms with Crippen LogP contribution < -0.4 is 5.32 Å². The Balaban J connectivity index is 3.37. The molecule has 0 aliphatic heterocycles. The van der Waals surface area contributed by atoms with Gasteiger partial charge in [0.2, 0.25) is 5.91 Å². The Labute approximate surface area is 481 Å². The lowest BCUT2D eigenvalue weighted by Gasteiger charge is -2.22. The SMILES string of the molecule is CCCC/C=C\C/C=C\CCCCCCCC(=O)OCCCCCCCCCCCCCCCCCCCCCCCCCCCC(=O)NC(CO)C(O)CCCCCCCCCCCCCCCCCCCCCCC. The van der Waals surface area contributed by atoms with E-state index in [0.717, 1.165) is 51.4 Å². The highest BCUT2D eigenvalue weighted by Gasteiger charge is 2.20. The van der Waals surface area contributed by atoms with E-state index in [2.05, 4.69) is 43.5 Å². The molecule has 2 unspecified atom stereocenters. The average molecular weight is 1080 g/mol. The highest BCUT2D eigenvalue weighted by molar-refractivity contribution is 5.76. The third-order valence-electron chi connectivity index (χ3n) is 16.5. The first-order valence-corrected chi connectivity index (χ1v) is 35.1. The molecule has 3 N–H and O–H groups in total. The molecule has 0 aromatic rings. The minimum Gasteiger partial charge on any atom is -0.466 e. The summed E-state index contributed by atoms with van der Waals surface area (Å²) in [5.74, 6) is -0.0264. The number of hydrogen-bond donors (Lipinski definition) is 3. The Hall–Kier alpha value is -1.66. The number of rotatable bonds is 66. The number of ether oxygens (including phenoxy) is 1. The van der Waals surface area contributed by atoms with Gasteiger partial charge in [-0.05, 0) is 51.4 Å². The van der Waals surface area contributed by atoms with E-state index in [1.807, 2.05) is 0 Å². The summed E-state index contributed by atoms with van der Waals surface area (Å²) in [6, 6.07) is -0.541. The Morgan fingerprint density at radius 3 is 1.03 bits per heavy atom. The van der Waals surface area contributed by atoms with E-state index in [9.17, 15) is 19.8 Å². The number of hydrogen-bond acceptors (Lipinski definition) is 5. The van der Waals surface area contributed by atoms with Crippen LogP contribution in [-0.2, 0) is 14.3 Å². The molecule has 77 heavy (non-hydrogen) atoms. The van der Waals surface area contributed by atoms with Crippen molar-refractivity contribution in [1.82, 2.24) is 5.32 Å². The predicted molar refractivity (Wildman–Crippen MR) is 338 cm³/mol. The van der Waals surface area contributed by atoms with Gasteiger partial charge in [-0.15, -0.1) is 0 Å². The van der Waals surface area contributed by atoms with Gasteiger partial charge in [0.1, 0.15) is 0 Å². The normalized spacial score (nSPS) is 12.6. The van der Waals surface area contributed by atoms with Crippen molar-refractivity contribution in [1.29, 1.82) is 0 Å². The van der Waals surface area contributed by atoms with E-state index < -0.39 is 12.1 Å². The zero-order chi connectivity index (χ0) is 55.7. The monoisotopic (exact) mass is 1080 g/mol. The van der Waals surface area contributed by atoms with Crippen LogP contribution in [0.15, 0.2) is 24.3 Å². The van der Waals surface area contributed by atoms with Crippen molar-refractivity contribution in [3.8, 4) is 0 Å². The van der Waals surface area contributed by atoms with E-state index in [1.54, 1.807) is 0 Å². The number of aliphatic hydroxyl groups excluding tert-OH is 2. The maximum absolute atomic E-state index is 12.5. The van der Waals surface area contributed by atoms with Gasteiger partial charge in [-0.1, -0.05) is 353 Å². The van der Waals surface area contributed by atoms with Crippen molar-refractivity contribution < 1.29 is 24.5 Å². The molecule has 1 amide bonds. The number of amides is 1. The summed E-state index contributed by atoms with van der Waals surface area (Å²) >= 11 is 0. The molecule has 6 nitrogen and oxygen atoms in total. The molecule has 0 fully saturated rings. The van der Waals surface area contributed by atoms with Crippen LogP contribution in [0, 0.1) is 0 Å².